The van der Waals surface area contributed by atoms with Crippen molar-refractivity contribution in [2.75, 3.05) is 0 Å². The van der Waals surface area contributed by atoms with Gasteiger partial charge in [-0.15, -0.1) is 0 Å². The highest BCUT2D eigenvalue weighted by Gasteiger charge is 2.32. The molecule has 4 amide bonds. The maximum atomic E-state index is 12.8. The second-order valence-electron chi connectivity index (χ2n) is 10.9. The first-order chi connectivity index (χ1) is 17.0. The fourth-order valence-electron chi connectivity index (χ4n) is 3.61. The zero-order valence-corrected chi connectivity index (χ0v) is 23.3. The number of hydrogen-bond donors (Lipinski definition) is 7. The number of aliphatic carboxylic acids is 1. The van der Waals surface area contributed by atoms with Crippen molar-refractivity contribution in [1.82, 2.24) is 21.3 Å². The van der Waals surface area contributed by atoms with Crippen molar-refractivity contribution < 1.29 is 34.2 Å². The van der Waals surface area contributed by atoms with Crippen LogP contribution in [0.25, 0.3) is 0 Å². The standard InChI is InChI=1S/C25H47N5O7/c1-12(2)9-17(26)22(33)30-20(16(8)31)24(35)27-15(7)21(32)28-18(10-13(3)4)23(34)29-19(25(36)37)11-14(5)6/h12-20,31H,9-11,26H2,1-8H3,(H,27,35)(H,28,32)(H,29,34)(H,30,33)(H,36,37)/t15-,16+,17-,18-,19-,20-/m0/s1. The number of amides is 4. The van der Waals surface area contributed by atoms with Gasteiger partial charge in [-0.3, -0.25) is 19.2 Å². The molecular weight excluding hydrogens is 482 g/mol. The molecule has 214 valence electrons. The molecule has 37 heavy (non-hydrogen) atoms. The summed E-state index contributed by atoms with van der Waals surface area (Å²) in [4.78, 5) is 62.3. The Morgan fingerprint density at radius 3 is 1.51 bits per heavy atom. The van der Waals surface area contributed by atoms with Crippen LogP contribution >= 0.6 is 0 Å². The summed E-state index contributed by atoms with van der Waals surface area (Å²) in [5, 5.41) is 29.4. The molecular formula is C25H47N5O7. The lowest BCUT2D eigenvalue weighted by Crippen LogP contribution is -2.60. The molecule has 0 aromatic rings. The summed E-state index contributed by atoms with van der Waals surface area (Å²) in [6.07, 6.45) is -0.410. The molecule has 0 saturated heterocycles. The van der Waals surface area contributed by atoms with Crippen molar-refractivity contribution in [2.45, 2.75) is 111 Å². The van der Waals surface area contributed by atoms with Crippen LogP contribution < -0.4 is 27.0 Å². The van der Waals surface area contributed by atoms with E-state index in [1.54, 1.807) is 0 Å². The van der Waals surface area contributed by atoms with E-state index in [2.05, 4.69) is 21.3 Å². The van der Waals surface area contributed by atoms with Crippen LogP contribution in [-0.4, -0.2) is 76.1 Å². The smallest absolute Gasteiger partial charge is 0.326 e. The van der Waals surface area contributed by atoms with Crippen LogP contribution in [0.4, 0.5) is 0 Å². The topological polar surface area (TPSA) is 200 Å². The van der Waals surface area contributed by atoms with Crippen molar-refractivity contribution in [3.63, 3.8) is 0 Å². The number of carboxylic acids is 1. The first kappa shape index (κ1) is 34.3. The Labute approximate surface area is 219 Å². The average molecular weight is 530 g/mol. The molecule has 0 aliphatic carbocycles. The first-order valence-corrected chi connectivity index (χ1v) is 12.8. The van der Waals surface area contributed by atoms with E-state index < -0.39 is 65.9 Å². The maximum absolute atomic E-state index is 12.8. The quantitative estimate of drug-likeness (QED) is 0.143. The normalized spacial score (nSPS) is 16.4. The van der Waals surface area contributed by atoms with E-state index in [1.807, 2.05) is 41.5 Å². The largest absolute Gasteiger partial charge is 0.480 e. The van der Waals surface area contributed by atoms with Crippen molar-refractivity contribution in [3.8, 4) is 0 Å². The van der Waals surface area contributed by atoms with Crippen LogP contribution in [-0.2, 0) is 24.0 Å². The molecule has 12 nitrogen and oxygen atoms in total. The zero-order chi connectivity index (χ0) is 29.0. The number of hydrogen-bond acceptors (Lipinski definition) is 7. The van der Waals surface area contributed by atoms with E-state index >= 15 is 0 Å². The SMILES string of the molecule is CC(C)C[C@H](NC(=O)[C@H](CC(C)C)NC(=O)[C@H](C)NC(=O)[C@@H](NC(=O)[C@@H](N)CC(C)C)[C@@H](C)O)C(=O)O. The molecule has 0 rings (SSSR count). The first-order valence-electron chi connectivity index (χ1n) is 12.8. The third kappa shape index (κ3) is 13.4. The summed E-state index contributed by atoms with van der Waals surface area (Å²) in [7, 11) is 0. The Morgan fingerprint density at radius 1 is 0.622 bits per heavy atom. The number of rotatable bonds is 16. The number of carboxylic acid groups (broad SMARTS) is 1. The summed E-state index contributed by atoms with van der Waals surface area (Å²) in [6, 6.07) is -5.46. The number of nitrogens with one attached hydrogen (secondary N) is 4. The molecule has 0 spiro atoms. The van der Waals surface area contributed by atoms with Gasteiger partial charge in [0.05, 0.1) is 12.1 Å². The molecule has 0 aliphatic rings. The van der Waals surface area contributed by atoms with Crippen LogP contribution in [0.15, 0.2) is 0 Å². The van der Waals surface area contributed by atoms with E-state index in [1.165, 1.54) is 13.8 Å². The van der Waals surface area contributed by atoms with Crippen molar-refractivity contribution in [1.29, 1.82) is 0 Å². The monoisotopic (exact) mass is 529 g/mol. The van der Waals surface area contributed by atoms with E-state index in [0.717, 1.165) is 0 Å². The molecule has 8 N–H and O–H groups in total. The highest BCUT2D eigenvalue weighted by molar-refractivity contribution is 5.95. The van der Waals surface area contributed by atoms with Gasteiger partial charge < -0.3 is 37.2 Å². The Morgan fingerprint density at radius 2 is 1.08 bits per heavy atom. The summed E-state index contributed by atoms with van der Waals surface area (Å²) in [5.41, 5.74) is 5.85. The van der Waals surface area contributed by atoms with E-state index in [9.17, 15) is 34.2 Å². The summed E-state index contributed by atoms with van der Waals surface area (Å²) in [6.45, 7) is 13.9. The number of carbonyl (C=O) groups is 5. The van der Waals surface area contributed by atoms with Gasteiger partial charge in [0.1, 0.15) is 24.2 Å². The van der Waals surface area contributed by atoms with Gasteiger partial charge in [-0.2, -0.15) is 0 Å². The highest BCUT2D eigenvalue weighted by Crippen LogP contribution is 2.09. The second-order valence-corrected chi connectivity index (χ2v) is 10.9. The minimum Gasteiger partial charge on any atom is -0.480 e. The minimum atomic E-state index is -1.34. The number of nitrogens with two attached hydrogens (primary N) is 1. The van der Waals surface area contributed by atoms with Gasteiger partial charge in [0.15, 0.2) is 0 Å². The van der Waals surface area contributed by atoms with E-state index in [0.29, 0.717) is 6.42 Å². The van der Waals surface area contributed by atoms with Gasteiger partial charge in [-0.1, -0.05) is 41.5 Å². The van der Waals surface area contributed by atoms with Crippen molar-refractivity contribution in [2.24, 2.45) is 23.5 Å². The van der Waals surface area contributed by atoms with Gasteiger partial charge in [0.25, 0.3) is 0 Å². The van der Waals surface area contributed by atoms with Crippen LogP contribution in [0.5, 0.6) is 0 Å². The molecule has 0 radical (unpaired) electrons. The molecule has 0 aliphatic heterocycles. The molecule has 0 heterocycles. The molecule has 0 bridgehead atoms. The third-order valence-corrected chi connectivity index (χ3v) is 5.54. The lowest BCUT2D eigenvalue weighted by atomic mass is 10.0. The summed E-state index contributed by atoms with van der Waals surface area (Å²) >= 11 is 0. The van der Waals surface area contributed by atoms with Gasteiger partial charge in [-0.05, 0) is 50.9 Å². The second kappa shape index (κ2) is 16.2. The summed E-state index contributed by atoms with van der Waals surface area (Å²) in [5.74, 6) is -3.72. The maximum Gasteiger partial charge on any atom is 0.326 e. The predicted octanol–water partition coefficient (Wildman–Crippen LogP) is -0.123. The van der Waals surface area contributed by atoms with Gasteiger partial charge in [0, 0.05) is 0 Å². The molecule has 0 aromatic heterocycles. The van der Waals surface area contributed by atoms with Crippen molar-refractivity contribution >= 4 is 29.6 Å². The van der Waals surface area contributed by atoms with Crippen LogP contribution in [0.1, 0.15) is 74.7 Å². The molecule has 6 atom stereocenters. The number of aliphatic hydroxyl groups excluding tert-OH is 1. The fourth-order valence-corrected chi connectivity index (χ4v) is 3.61. The Balaban J connectivity index is 5.36. The van der Waals surface area contributed by atoms with Crippen LogP contribution in [0.3, 0.4) is 0 Å². The third-order valence-electron chi connectivity index (χ3n) is 5.54. The Bertz CT molecular complexity index is 785. The Hall–Kier alpha value is -2.73. The molecule has 0 saturated carbocycles. The fraction of sp³-hybridized carbons (Fsp3) is 0.800. The van der Waals surface area contributed by atoms with E-state index in [4.69, 9.17) is 5.73 Å². The minimum absolute atomic E-state index is 0.000738. The van der Waals surface area contributed by atoms with Gasteiger partial charge in [-0.25, -0.2) is 4.79 Å². The van der Waals surface area contributed by atoms with Crippen molar-refractivity contribution in [3.05, 3.63) is 0 Å². The predicted molar refractivity (Wildman–Crippen MR) is 139 cm³/mol. The highest BCUT2D eigenvalue weighted by atomic mass is 16.4. The Kier molecular flexibility index (Phi) is 15.0. The summed E-state index contributed by atoms with van der Waals surface area (Å²) < 4.78 is 0. The van der Waals surface area contributed by atoms with E-state index in [-0.39, 0.29) is 30.6 Å². The van der Waals surface area contributed by atoms with Crippen LogP contribution in [0.2, 0.25) is 0 Å². The number of carbonyl (C=O) groups excluding carboxylic acids is 4. The molecule has 0 fully saturated rings. The van der Waals surface area contributed by atoms with Gasteiger partial charge in [0.2, 0.25) is 23.6 Å². The number of aliphatic hydroxyl groups is 1. The average Bonchev–Trinajstić information content (AvgIpc) is 2.74. The lowest BCUT2D eigenvalue weighted by Gasteiger charge is -2.27. The molecule has 0 unspecified atom stereocenters. The molecule has 12 heteroatoms. The van der Waals surface area contributed by atoms with Crippen LogP contribution in [0, 0.1) is 17.8 Å². The lowest BCUT2D eigenvalue weighted by molar-refractivity contribution is -0.143. The van der Waals surface area contributed by atoms with Gasteiger partial charge >= 0.3 is 5.97 Å². The zero-order valence-electron chi connectivity index (χ0n) is 23.3. The molecule has 0 aromatic carbocycles.